The van der Waals surface area contributed by atoms with E-state index in [-0.39, 0.29) is 32.6 Å². The van der Waals surface area contributed by atoms with Gasteiger partial charge in [0.05, 0.1) is 13.2 Å². The van der Waals surface area contributed by atoms with Crippen LogP contribution in [0.15, 0.2) is 72.9 Å². The molecular formula is C47H82NO8P. The molecule has 2 atom stereocenters. The van der Waals surface area contributed by atoms with Crippen LogP contribution in [-0.2, 0) is 32.7 Å². The van der Waals surface area contributed by atoms with Gasteiger partial charge in [-0.2, -0.15) is 0 Å². The fourth-order valence-corrected chi connectivity index (χ4v) is 6.55. The Balaban J connectivity index is 4.23. The van der Waals surface area contributed by atoms with E-state index in [2.05, 4.69) is 80.7 Å². The minimum Gasteiger partial charge on any atom is -0.462 e. The van der Waals surface area contributed by atoms with Crippen molar-refractivity contribution >= 4 is 19.8 Å². The molecular weight excluding hydrogens is 737 g/mol. The molecule has 0 aliphatic heterocycles. The van der Waals surface area contributed by atoms with E-state index in [9.17, 15) is 19.0 Å². The highest BCUT2D eigenvalue weighted by atomic mass is 31.2. The van der Waals surface area contributed by atoms with Crippen molar-refractivity contribution in [1.82, 2.24) is 0 Å². The molecule has 0 aromatic heterocycles. The summed E-state index contributed by atoms with van der Waals surface area (Å²) in [4.78, 5) is 34.9. The minimum absolute atomic E-state index is 0.0420. The van der Waals surface area contributed by atoms with Crippen LogP contribution in [-0.4, -0.2) is 49.3 Å². The van der Waals surface area contributed by atoms with E-state index < -0.39 is 32.5 Å². The summed E-state index contributed by atoms with van der Waals surface area (Å²) in [5.74, 6) is -0.905. The third-order valence-electron chi connectivity index (χ3n) is 9.08. The molecule has 1 unspecified atom stereocenters. The van der Waals surface area contributed by atoms with E-state index in [0.717, 1.165) is 64.2 Å². The zero-order valence-corrected chi connectivity index (χ0v) is 36.9. The first-order valence-corrected chi connectivity index (χ1v) is 23.9. The zero-order valence-electron chi connectivity index (χ0n) is 36.0. The molecule has 0 amide bonds. The van der Waals surface area contributed by atoms with E-state index in [1.807, 2.05) is 6.08 Å². The number of unbranched alkanes of at least 4 members (excludes halogenated alkanes) is 16. The Morgan fingerprint density at radius 2 is 0.982 bits per heavy atom. The number of nitrogens with two attached hydrogens (primary N) is 1. The number of hydrogen-bond acceptors (Lipinski definition) is 8. The van der Waals surface area contributed by atoms with Gasteiger partial charge in [-0.15, -0.1) is 0 Å². The number of phosphoric ester groups is 1. The van der Waals surface area contributed by atoms with E-state index >= 15 is 0 Å². The van der Waals surface area contributed by atoms with Gasteiger partial charge in [-0.3, -0.25) is 18.6 Å². The average molecular weight is 820 g/mol. The predicted octanol–water partition coefficient (Wildman–Crippen LogP) is 13.1. The standard InChI is InChI=1S/C47H82NO8P/c1-3-5-7-9-11-13-15-17-19-21-22-24-26-28-30-32-34-36-38-40-47(50)56-45(44-55-57(51,52)54-42-41-48)43-53-46(49)39-37-35-33-31-29-27-25-23-20-18-16-14-12-10-8-6-4-2/h6,8,12,14,18,20-22,25,27,31,33,45H,3-5,7,9-11,13,15-17,19,23-24,26,28-30,32,34-44,48H2,1-2H3,(H,51,52)/b8-6-,14-12-,20-18-,22-21-,27-25-,33-31-/t45-/m1/s1. The molecule has 3 N–H and O–H groups in total. The van der Waals surface area contributed by atoms with Crippen LogP contribution in [0, 0.1) is 0 Å². The Morgan fingerprint density at radius 3 is 1.51 bits per heavy atom. The van der Waals surface area contributed by atoms with Crippen LogP contribution in [0.4, 0.5) is 0 Å². The van der Waals surface area contributed by atoms with Crippen LogP contribution in [0.1, 0.15) is 181 Å². The minimum atomic E-state index is -4.40. The van der Waals surface area contributed by atoms with Gasteiger partial charge >= 0.3 is 19.8 Å². The highest BCUT2D eigenvalue weighted by Gasteiger charge is 2.26. The van der Waals surface area contributed by atoms with Crippen molar-refractivity contribution in [2.45, 2.75) is 187 Å². The number of carbonyl (C=O) groups excluding carboxylic acids is 2. The van der Waals surface area contributed by atoms with Gasteiger partial charge in [-0.25, -0.2) is 4.57 Å². The quantitative estimate of drug-likeness (QED) is 0.0267. The van der Waals surface area contributed by atoms with Crippen molar-refractivity contribution in [1.29, 1.82) is 0 Å². The Bertz CT molecular complexity index is 1160. The van der Waals surface area contributed by atoms with Crippen LogP contribution < -0.4 is 5.73 Å². The van der Waals surface area contributed by atoms with Gasteiger partial charge in [0.25, 0.3) is 0 Å². The SMILES string of the molecule is CC/C=C\C/C=C\C/C=C\C/C=C\C/C=C\CCCC(=O)OC[C@H](COP(=O)(O)OCCN)OC(=O)CCCCCCCCC/C=C\CCCCCCCCCC. The number of ether oxygens (including phenoxy) is 2. The van der Waals surface area contributed by atoms with Crippen LogP contribution in [0.25, 0.3) is 0 Å². The molecule has 0 aromatic carbocycles. The monoisotopic (exact) mass is 820 g/mol. The fraction of sp³-hybridized carbons (Fsp3) is 0.702. The molecule has 328 valence electrons. The van der Waals surface area contributed by atoms with Crippen molar-refractivity contribution in [3.63, 3.8) is 0 Å². The molecule has 0 aromatic rings. The molecule has 0 aliphatic carbocycles. The second-order valence-corrected chi connectivity index (χ2v) is 16.0. The summed E-state index contributed by atoms with van der Waals surface area (Å²) in [6.45, 7) is 3.54. The molecule has 0 saturated carbocycles. The number of allylic oxidation sites excluding steroid dienone is 12. The lowest BCUT2D eigenvalue weighted by Gasteiger charge is -2.19. The highest BCUT2D eigenvalue weighted by molar-refractivity contribution is 7.47. The summed E-state index contributed by atoms with van der Waals surface area (Å²) >= 11 is 0. The van der Waals surface area contributed by atoms with Crippen LogP contribution in [0.3, 0.4) is 0 Å². The second kappa shape index (κ2) is 43.0. The van der Waals surface area contributed by atoms with Crippen LogP contribution in [0.5, 0.6) is 0 Å². The van der Waals surface area contributed by atoms with Gasteiger partial charge < -0.3 is 20.1 Å². The van der Waals surface area contributed by atoms with Crippen molar-refractivity contribution in [2.75, 3.05) is 26.4 Å². The first-order valence-electron chi connectivity index (χ1n) is 22.4. The smallest absolute Gasteiger partial charge is 0.462 e. The van der Waals surface area contributed by atoms with Crippen molar-refractivity contribution < 1.29 is 37.6 Å². The lowest BCUT2D eigenvalue weighted by atomic mass is 10.1. The zero-order chi connectivity index (χ0) is 41.8. The summed E-state index contributed by atoms with van der Waals surface area (Å²) in [5.41, 5.74) is 5.35. The predicted molar refractivity (Wildman–Crippen MR) is 238 cm³/mol. The summed E-state index contributed by atoms with van der Waals surface area (Å²) in [6, 6.07) is 0. The third-order valence-corrected chi connectivity index (χ3v) is 10.1. The van der Waals surface area contributed by atoms with E-state index in [1.54, 1.807) is 0 Å². The first-order chi connectivity index (χ1) is 27.8. The molecule has 0 aliphatic rings. The molecule has 0 spiro atoms. The van der Waals surface area contributed by atoms with E-state index in [1.165, 1.54) is 77.0 Å². The summed E-state index contributed by atoms with van der Waals surface area (Å²) in [7, 11) is -4.40. The summed E-state index contributed by atoms with van der Waals surface area (Å²) in [6.07, 6.45) is 52.3. The number of phosphoric acid groups is 1. The van der Waals surface area contributed by atoms with Crippen molar-refractivity contribution in [3.05, 3.63) is 72.9 Å². The summed E-state index contributed by atoms with van der Waals surface area (Å²) in [5, 5.41) is 0. The van der Waals surface area contributed by atoms with Crippen LogP contribution in [0.2, 0.25) is 0 Å². The highest BCUT2D eigenvalue weighted by Crippen LogP contribution is 2.43. The summed E-state index contributed by atoms with van der Waals surface area (Å²) < 4.78 is 32.7. The van der Waals surface area contributed by atoms with E-state index in [4.69, 9.17) is 24.3 Å². The maximum Gasteiger partial charge on any atom is 0.472 e. The maximum atomic E-state index is 12.6. The first kappa shape index (κ1) is 54.5. The Kier molecular flexibility index (Phi) is 41.1. The maximum absolute atomic E-state index is 12.6. The fourth-order valence-electron chi connectivity index (χ4n) is 5.78. The molecule has 0 rings (SSSR count). The molecule has 0 fully saturated rings. The van der Waals surface area contributed by atoms with Gasteiger partial charge in [-0.05, 0) is 77.0 Å². The largest absolute Gasteiger partial charge is 0.472 e. The molecule has 0 bridgehead atoms. The topological polar surface area (TPSA) is 134 Å². The Hall–Kier alpha value is -2.55. The van der Waals surface area contributed by atoms with Gasteiger partial charge in [0.15, 0.2) is 6.10 Å². The average Bonchev–Trinajstić information content (AvgIpc) is 3.20. The lowest BCUT2D eigenvalue weighted by molar-refractivity contribution is -0.161. The molecule has 57 heavy (non-hydrogen) atoms. The molecule has 0 radical (unpaired) electrons. The number of esters is 2. The number of hydrogen-bond donors (Lipinski definition) is 2. The Labute approximate surface area is 348 Å². The second-order valence-electron chi connectivity index (χ2n) is 14.5. The molecule has 10 heteroatoms. The van der Waals surface area contributed by atoms with Crippen molar-refractivity contribution in [3.8, 4) is 0 Å². The normalized spacial score (nSPS) is 14.0. The molecule has 9 nitrogen and oxygen atoms in total. The van der Waals surface area contributed by atoms with Gasteiger partial charge in [-0.1, -0.05) is 164 Å². The lowest BCUT2D eigenvalue weighted by Crippen LogP contribution is -2.29. The molecule has 0 saturated heterocycles. The molecule has 0 heterocycles. The number of rotatable bonds is 41. The number of carbonyl (C=O) groups is 2. The van der Waals surface area contributed by atoms with Crippen LogP contribution >= 0.6 is 7.82 Å². The van der Waals surface area contributed by atoms with E-state index in [0.29, 0.717) is 12.8 Å². The van der Waals surface area contributed by atoms with Gasteiger partial charge in [0.1, 0.15) is 6.61 Å². The third kappa shape index (κ3) is 42.9. The van der Waals surface area contributed by atoms with Gasteiger partial charge in [0.2, 0.25) is 0 Å². The van der Waals surface area contributed by atoms with Crippen molar-refractivity contribution in [2.24, 2.45) is 5.73 Å². The van der Waals surface area contributed by atoms with Gasteiger partial charge in [0, 0.05) is 19.4 Å². The Morgan fingerprint density at radius 1 is 0.544 bits per heavy atom.